The van der Waals surface area contributed by atoms with Gasteiger partial charge in [0.15, 0.2) is 0 Å². The maximum absolute atomic E-state index is 12.4. The highest BCUT2D eigenvalue weighted by molar-refractivity contribution is 6.00. The summed E-state index contributed by atoms with van der Waals surface area (Å²) >= 11 is 0. The van der Waals surface area contributed by atoms with E-state index in [4.69, 9.17) is 18.9 Å². The van der Waals surface area contributed by atoms with Gasteiger partial charge in [0.2, 0.25) is 13.6 Å². The van der Waals surface area contributed by atoms with Gasteiger partial charge in [0, 0.05) is 24.6 Å². The second-order valence-corrected chi connectivity index (χ2v) is 6.09. The van der Waals surface area contributed by atoms with Crippen LogP contribution >= 0.6 is 0 Å². The zero-order chi connectivity index (χ0) is 26.2. The number of ether oxygens (including phenoxy) is 6. The maximum Gasteiger partial charge on any atom is 0.341 e. The predicted molar refractivity (Wildman–Crippen MR) is 116 cm³/mol. The third-order valence-corrected chi connectivity index (χ3v) is 3.69. The molecule has 12 nitrogen and oxygen atoms in total. The van der Waals surface area contributed by atoms with Crippen molar-refractivity contribution in [2.24, 2.45) is 0 Å². The Bertz CT molecular complexity index is 952. The number of carbonyl (C=O) groups is 6. The molecular formula is C23H22O12. The normalized spacial score (nSPS) is 9.60. The van der Waals surface area contributed by atoms with Gasteiger partial charge in [-0.05, 0) is 18.2 Å². The zero-order valence-electron chi connectivity index (χ0n) is 18.5. The van der Waals surface area contributed by atoms with Crippen molar-refractivity contribution in [2.45, 2.75) is 6.42 Å². The second kappa shape index (κ2) is 15.2. The van der Waals surface area contributed by atoms with Crippen molar-refractivity contribution in [2.75, 3.05) is 26.8 Å². The molecule has 0 atom stereocenters. The predicted octanol–water partition coefficient (Wildman–Crippen LogP) is 1.65. The Morgan fingerprint density at radius 1 is 0.543 bits per heavy atom. The monoisotopic (exact) mass is 490 g/mol. The topological polar surface area (TPSA) is 158 Å². The summed E-state index contributed by atoms with van der Waals surface area (Å²) < 4.78 is 28.4. The van der Waals surface area contributed by atoms with E-state index < -0.39 is 49.4 Å². The Morgan fingerprint density at radius 3 is 1.29 bits per heavy atom. The van der Waals surface area contributed by atoms with Gasteiger partial charge >= 0.3 is 35.8 Å². The molecule has 0 saturated carbocycles. The van der Waals surface area contributed by atoms with Gasteiger partial charge in [-0.15, -0.1) is 0 Å². The molecular weight excluding hydrogens is 468 g/mol. The van der Waals surface area contributed by atoms with E-state index in [0.29, 0.717) is 0 Å². The Kier molecular flexibility index (Phi) is 12.3. The fourth-order valence-electron chi connectivity index (χ4n) is 2.09. The molecule has 0 aliphatic rings. The molecule has 186 valence electrons. The minimum atomic E-state index is -1.04. The first kappa shape index (κ1) is 28.3. The molecule has 0 aliphatic carbocycles. The Hall–Kier alpha value is -4.74. The van der Waals surface area contributed by atoms with E-state index >= 15 is 0 Å². The van der Waals surface area contributed by atoms with Crippen molar-refractivity contribution in [1.82, 2.24) is 0 Å². The van der Waals surface area contributed by atoms with Gasteiger partial charge in [-0.25, -0.2) is 28.8 Å². The SMILES string of the molecule is C=CC(=O)OCCCOC(=O)c1cc(C(=O)OCOC(=O)C=C)cc(C(=O)OCOC(=O)C=C)c1. The molecule has 0 heterocycles. The van der Waals surface area contributed by atoms with Gasteiger partial charge in [0.1, 0.15) is 0 Å². The Labute approximate surface area is 199 Å². The van der Waals surface area contributed by atoms with Gasteiger partial charge in [-0.1, -0.05) is 19.7 Å². The van der Waals surface area contributed by atoms with Crippen LogP contribution in [-0.2, 0) is 42.8 Å². The number of esters is 6. The first-order chi connectivity index (χ1) is 16.7. The quantitative estimate of drug-likeness (QED) is 0.122. The minimum absolute atomic E-state index is 0.0328. The zero-order valence-corrected chi connectivity index (χ0v) is 18.5. The third kappa shape index (κ3) is 10.6. The van der Waals surface area contributed by atoms with Crippen LogP contribution in [0.1, 0.15) is 37.5 Å². The van der Waals surface area contributed by atoms with Crippen LogP contribution in [0.2, 0.25) is 0 Å². The number of benzene rings is 1. The summed E-state index contributed by atoms with van der Waals surface area (Å²) in [5, 5.41) is 0. The third-order valence-electron chi connectivity index (χ3n) is 3.69. The molecule has 0 saturated heterocycles. The summed E-state index contributed by atoms with van der Waals surface area (Å²) in [5.74, 6) is -5.32. The number of hydrogen-bond acceptors (Lipinski definition) is 12. The molecule has 1 rings (SSSR count). The molecule has 0 unspecified atom stereocenters. The van der Waals surface area contributed by atoms with Crippen LogP contribution in [0, 0.1) is 0 Å². The van der Waals surface area contributed by atoms with Gasteiger partial charge in [-0.2, -0.15) is 0 Å². The van der Waals surface area contributed by atoms with E-state index in [9.17, 15) is 28.8 Å². The standard InChI is InChI=1S/C23H22O12/c1-4-18(24)30-8-7-9-31-21(27)15-10-16(22(28)34-13-32-19(25)5-2)12-17(11-15)23(29)35-14-33-20(26)6-3/h4-6,10-12H,1-3,7-9,13-14H2. The summed E-state index contributed by atoms with van der Waals surface area (Å²) in [6.07, 6.45) is 2.87. The molecule has 0 bridgehead atoms. The highest BCUT2D eigenvalue weighted by atomic mass is 16.7. The Morgan fingerprint density at radius 2 is 0.886 bits per heavy atom. The minimum Gasteiger partial charge on any atom is -0.462 e. The number of carbonyl (C=O) groups excluding carboxylic acids is 6. The molecule has 0 radical (unpaired) electrons. The number of rotatable bonds is 14. The molecule has 0 N–H and O–H groups in total. The van der Waals surface area contributed by atoms with Crippen LogP contribution in [0.3, 0.4) is 0 Å². The van der Waals surface area contributed by atoms with Crippen molar-refractivity contribution in [3.63, 3.8) is 0 Å². The highest BCUT2D eigenvalue weighted by Crippen LogP contribution is 2.15. The molecule has 12 heteroatoms. The van der Waals surface area contributed by atoms with E-state index in [1.165, 1.54) is 0 Å². The second-order valence-electron chi connectivity index (χ2n) is 6.09. The van der Waals surface area contributed by atoms with Crippen LogP contribution in [0.4, 0.5) is 0 Å². The van der Waals surface area contributed by atoms with Crippen molar-refractivity contribution in [3.8, 4) is 0 Å². The average molecular weight is 490 g/mol. The summed E-state index contributed by atoms with van der Waals surface area (Å²) in [7, 11) is 0. The molecule has 1 aromatic carbocycles. The van der Waals surface area contributed by atoms with Crippen molar-refractivity contribution in [1.29, 1.82) is 0 Å². The highest BCUT2D eigenvalue weighted by Gasteiger charge is 2.19. The molecule has 1 aromatic rings. The molecule has 35 heavy (non-hydrogen) atoms. The molecule has 0 aliphatic heterocycles. The maximum atomic E-state index is 12.4. The van der Waals surface area contributed by atoms with Crippen LogP contribution in [0.25, 0.3) is 0 Å². The van der Waals surface area contributed by atoms with Gasteiger partial charge in [0.25, 0.3) is 0 Å². The van der Waals surface area contributed by atoms with Gasteiger partial charge in [0.05, 0.1) is 29.9 Å². The largest absolute Gasteiger partial charge is 0.462 e. The van der Waals surface area contributed by atoms with Crippen LogP contribution < -0.4 is 0 Å². The lowest BCUT2D eigenvalue weighted by molar-refractivity contribution is -0.147. The number of hydrogen-bond donors (Lipinski definition) is 0. The fourth-order valence-corrected chi connectivity index (χ4v) is 2.09. The van der Waals surface area contributed by atoms with E-state index in [1.807, 2.05) is 0 Å². The first-order valence-electron chi connectivity index (χ1n) is 9.75. The summed E-state index contributed by atoms with van der Waals surface area (Å²) in [5.41, 5.74) is -0.770. The lowest BCUT2D eigenvalue weighted by atomic mass is 10.1. The van der Waals surface area contributed by atoms with Crippen molar-refractivity contribution >= 4 is 35.8 Å². The van der Waals surface area contributed by atoms with Crippen LogP contribution in [0.5, 0.6) is 0 Å². The summed E-state index contributed by atoms with van der Waals surface area (Å²) in [6, 6.07) is 3.19. The van der Waals surface area contributed by atoms with E-state index in [0.717, 1.165) is 36.4 Å². The molecule has 0 spiro atoms. The van der Waals surface area contributed by atoms with E-state index in [2.05, 4.69) is 29.2 Å². The first-order valence-corrected chi connectivity index (χ1v) is 9.75. The van der Waals surface area contributed by atoms with Crippen molar-refractivity contribution < 1.29 is 57.2 Å². The molecule has 0 fully saturated rings. The lowest BCUT2D eigenvalue weighted by Crippen LogP contribution is -2.16. The van der Waals surface area contributed by atoms with E-state index in [-0.39, 0.29) is 36.3 Å². The molecule has 0 amide bonds. The van der Waals surface area contributed by atoms with Gasteiger partial charge < -0.3 is 28.4 Å². The Balaban J connectivity index is 2.95. The molecule has 0 aromatic heterocycles. The average Bonchev–Trinajstić information content (AvgIpc) is 2.87. The van der Waals surface area contributed by atoms with Crippen molar-refractivity contribution in [3.05, 3.63) is 72.9 Å². The fraction of sp³-hybridized carbons (Fsp3) is 0.217. The summed E-state index contributed by atoms with van der Waals surface area (Å²) in [4.78, 5) is 70.2. The summed E-state index contributed by atoms with van der Waals surface area (Å²) in [6.45, 7) is 7.93. The van der Waals surface area contributed by atoms with Gasteiger partial charge in [-0.3, -0.25) is 0 Å². The van der Waals surface area contributed by atoms with Crippen LogP contribution in [-0.4, -0.2) is 62.6 Å². The smallest absolute Gasteiger partial charge is 0.341 e. The van der Waals surface area contributed by atoms with E-state index in [1.54, 1.807) is 0 Å². The lowest BCUT2D eigenvalue weighted by Gasteiger charge is -2.10. The van der Waals surface area contributed by atoms with Crippen LogP contribution in [0.15, 0.2) is 56.2 Å².